The maximum Gasteiger partial charge on any atom is 0.306 e. The first-order chi connectivity index (χ1) is 12.4. The quantitative estimate of drug-likeness (QED) is 0.650. The number of carbonyl (C=O) groups excluding carboxylic acids is 3. The topological polar surface area (TPSA) is 75.7 Å². The molecule has 1 heterocycles. The van der Waals surface area contributed by atoms with Gasteiger partial charge in [0.2, 0.25) is 11.8 Å². The second-order valence-corrected chi connectivity index (χ2v) is 6.51. The van der Waals surface area contributed by atoms with Crippen molar-refractivity contribution in [1.29, 1.82) is 0 Å². The first-order valence-electron chi connectivity index (χ1n) is 8.83. The number of nitrogens with zero attached hydrogens (tertiary/aromatic N) is 1. The molecule has 2 amide bonds. The number of allylic oxidation sites excluding steroid dienone is 1. The summed E-state index contributed by atoms with van der Waals surface area (Å²) in [7, 11) is 1.67. The number of esters is 1. The van der Waals surface area contributed by atoms with E-state index in [2.05, 4.69) is 5.32 Å². The van der Waals surface area contributed by atoms with Gasteiger partial charge in [0.15, 0.2) is 0 Å². The van der Waals surface area contributed by atoms with E-state index in [9.17, 15) is 14.4 Å². The largest absolute Gasteiger partial charge is 0.455 e. The van der Waals surface area contributed by atoms with Gasteiger partial charge in [0.05, 0.1) is 6.04 Å². The minimum Gasteiger partial charge on any atom is -0.455 e. The van der Waals surface area contributed by atoms with Gasteiger partial charge < -0.3 is 15.0 Å². The highest BCUT2D eigenvalue weighted by Gasteiger charge is 2.32. The van der Waals surface area contributed by atoms with E-state index >= 15 is 0 Å². The van der Waals surface area contributed by atoms with Gasteiger partial charge in [0, 0.05) is 20.4 Å². The number of amides is 2. The van der Waals surface area contributed by atoms with Gasteiger partial charge in [-0.2, -0.15) is 0 Å². The van der Waals surface area contributed by atoms with E-state index in [0.717, 1.165) is 5.56 Å². The number of nitrogens with one attached hydrogen (secondary N) is 1. The molecule has 1 aromatic rings. The zero-order valence-corrected chi connectivity index (χ0v) is 15.5. The highest BCUT2D eigenvalue weighted by atomic mass is 16.5. The number of benzene rings is 1. The van der Waals surface area contributed by atoms with Crippen molar-refractivity contribution >= 4 is 17.8 Å². The van der Waals surface area contributed by atoms with Gasteiger partial charge in [0.1, 0.15) is 12.1 Å². The molecule has 1 aliphatic heterocycles. The fraction of sp³-hybridized carbons (Fsp3) is 0.450. The number of carbonyl (C=O) groups is 3. The van der Waals surface area contributed by atoms with Crippen molar-refractivity contribution in [3.05, 3.63) is 48.0 Å². The summed E-state index contributed by atoms with van der Waals surface area (Å²) in [5.41, 5.74) is 0.830. The zero-order valence-electron chi connectivity index (χ0n) is 15.5. The van der Waals surface area contributed by atoms with Gasteiger partial charge in [-0.25, -0.2) is 0 Å². The number of cyclic esters (lactones) is 1. The molecule has 1 N–H and O–H groups in total. The molecule has 26 heavy (non-hydrogen) atoms. The van der Waals surface area contributed by atoms with Gasteiger partial charge >= 0.3 is 5.97 Å². The van der Waals surface area contributed by atoms with E-state index in [-0.39, 0.29) is 30.2 Å². The molecule has 0 aliphatic carbocycles. The third-order valence-electron chi connectivity index (χ3n) is 4.51. The van der Waals surface area contributed by atoms with Crippen LogP contribution >= 0.6 is 0 Å². The smallest absolute Gasteiger partial charge is 0.306 e. The van der Waals surface area contributed by atoms with Crippen LogP contribution in [0.1, 0.15) is 44.8 Å². The Morgan fingerprint density at radius 3 is 2.54 bits per heavy atom. The van der Waals surface area contributed by atoms with Crippen LogP contribution in [0.15, 0.2) is 42.5 Å². The Bertz CT molecular complexity index is 672. The molecule has 0 aromatic heterocycles. The number of ether oxygens (including phenoxy) is 1. The van der Waals surface area contributed by atoms with Crippen molar-refractivity contribution < 1.29 is 19.1 Å². The summed E-state index contributed by atoms with van der Waals surface area (Å²) in [6.07, 6.45) is 4.28. The van der Waals surface area contributed by atoms with E-state index in [1.807, 2.05) is 49.4 Å². The van der Waals surface area contributed by atoms with Crippen LogP contribution in [0.3, 0.4) is 0 Å². The normalized spacial score (nSPS) is 25.0. The molecule has 6 nitrogen and oxygen atoms in total. The van der Waals surface area contributed by atoms with Gasteiger partial charge in [-0.1, -0.05) is 42.5 Å². The van der Waals surface area contributed by atoms with Gasteiger partial charge in [-0.3, -0.25) is 14.4 Å². The molecule has 0 saturated heterocycles. The van der Waals surface area contributed by atoms with Crippen LogP contribution in [0, 0.1) is 0 Å². The van der Waals surface area contributed by atoms with E-state index < -0.39 is 12.1 Å². The lowest BCUT2D eigenvalue weighted by Crippen LogP contribution is -2.50. The maximum absolute atomic E-state index is 12.9. The van der Waals surface area contributed by atoms with Crippen molar-refractivity contribution in [2.75, 3.05) is 7.05 Å². The Labute approximate surface area is 154 Å². The molecular weight excluding hydrogens is 332 g/mol. The molecule has 1 aromatic carbocycles. The SMILES string of the molecule is CC(=O)N[C@@H]1CC=CCCC(=O)OC(c2ccccc2)[C@@H](C)N(C)C1=O. The average Bonchev–Trinajstić information content (AvgIpc) is 2.62. The summed E-state index contributed by atoms with van der Waals surface area (Å²) in [5.74, 6) is -0.763. The molecule has 2 rings (SSSR count). The molecule has 140 valence electrons. The third-order valence-corrected chi connectivity index (χ3v) is 4.51. The minimum absolute atomic E-state index is 0.213. The molecule has 0 bridgehead atoms. The molecule has 0 radical (unpaired) electrons. The van der Waals surface area contributed by atoms with Crippen molar-refractivity contribution in [2.45, 2.75) is 51.3 Å². The molecule has 1 unspecified atom stereocenters. The van der Waals surface area contributed by atoms with Crippen LogP contribution in [0.4, 0.5) is 0 Å². The lowest BCUT2D eigenvalue weighted by atomic mass is 10.0. The average molecular weight is 358 g/mol. The standard InChI is InChI=1S/C20H26N2O4/c1-14-19(16-10-6-4-7-11-16)26-18(24)13-9-5-8-12-17(21-15(2)23)20(25)22(14)3/h4-8,10-11,14,17,19H,9,12-13H2,1-3H3,(H,21,23)/t14-,17-,19?/m1/s1. The maximum atomic E-state index is 12.9. The highest BCUT2D eigenvalue weighted by Crippen LogP contribution is 2.26. The Hall–Kier alpha value is -2.63. The molecular formula is C20H26N2O4. The monoisotopic (exact) mass is 358 g/mol. The molecule has 6 heteroatoms. The van der Waals surface area contributed by atoms with Gasteiger partial charge in [-0.05, 0) is 25.3 Å². The second kappa shape index (κ2) is 9.17. The summed E-state index contributed by atoms with van der Waals surface area (Å²) in [6, 6.07) is 8.37. The van der Waals surface area contributed by atoms with E-state index in [4.69, 9.17) is 4.74 Å². The summed E-state index contributed by atoms with van der Waals surface area (Å²) in [4.78, 5) is 38.1. The Morgan fingerprint density at radius 2 is 1.88 bits per heavy atom. The summed E-state index contributed by atoms with van der Waals surface area (Å²) >= 11 is 0. The number of hydrogen-bond donors (Lipinski definition) is 1. The molecule has 0 spiro atoms. The van der Waals surface area contributed by atoms with Crippen LogP contribution in [0.25, 0.3) is 0 Å². The number of hydrogen-bond acceptors (Lipinski definition) is 4. The van der Waals surface area contributed by atoms with E-state index in [0.29, 0.717) is 12.8 Å². The first kappa shape index (κ1) is 19.7. The Balaban J connectivity index is 2.34. The molecule has 3 atom stereocenters. The molecule has 0 saturated carbocycles. The fourth-order valence-corrected chi connectivity index (χ4v) is 2.96. The second-order valence-electron chi connectivity index (χ2n) is 6.51. The van der Waals surface area contributed by atoms with Crippen molar-refractivity contribution in [3.63, 3.8) is 0 Å². The number of likely N-dealkylation sites (N-methyl/N-ethyl adjacent to an activating group) is 1. The Kier molecular flexibility index (Phi) is 6.95. The highest BCUT2D eigenvalue weighted by molar-refractivity contribution is 5.87. The summed E-state index contributed by atoms with van der Waals surface area (Å²) < 4.78 is 5.70. The van der Waals surface area contributed by atoms with Crippen molar-refractivity contribution in [1.82, 2.24) is 10.2 Å². The van der Waals surface area contributed by atoms with Crippen molar-refractivity contribution in [2.24, 2.45) is 0 Å². The van der Waals surface area contributed by atoms with Gasteiger partial charge in [0.25, 0.3) is 0 Å². The van der Waals surface area contributed by atoms with Crippen LogP contribution in [0.5, 0.6) is 0 Å². The third kappa shape index (κ3) is 5.18. The van der Waals surface area contributed by atoms with E-state index in [1.165, 1.54) is 6.92 Å². The lowest BCUT2D eigenvalue weighted by molar-refractivity contribution is -0.156. The van der Waals surface area contributed by atoms with Crippen LogP contribution in [0.2, 0.25) is 0 Å². The summed E-state index contributed by atoms with van der Waals surface area (Å²) in [5, 5.41) is 2.71. The Morgan fingerprint density at radius 1 is 1.19 bits per heavy atom. The minimum atomic E-state index is -0.636. The fourth-order valence-electron chi connectivity index (χ4n) is 2.96. The van der Waals surface area contributed by atoms with Crippen LogP contribution in [-0.4, -0.2) is 41.8 Å². The molecule has 0 fully saturated rings. The predicted octanol–water partition coefficient (Wildman–Crippen LogP) is 2.36. The predicted molar refractivity (Wildman–Crippen MR) is 98.1 cm³/mol. The van der Waals surface area contributed by atoms with Crippen LogP contribution < -0.4 is 5.32 Å². The van der Waals surface area contributed by atoms with E-state index in [1.54, 1.807) is 11.9 Å². The number of rotatable bonds is 2. The van der Waals surface area contributed by atoms with Gasteiger partial charge in [-0.15, -0.1) is 0 Å². The van der Waals surface area contributed by atoms with Crippen LogP contribution in [-0.2, 0) is 19.1 Å². The lowest BCUT2D eigenvalue weighted by Gasteiger charge is -2.34. The first-order valence-corrected chi connectivity index (χ1v) is 8.83. The van der Waals surface area contributed by atoms with Crippen molar-refractivity contribution in [3.8, 4) is 0 Å². The zero-order chi connectivity index (χ0) is 19.1. The molecule has 1 aliphatic rings. The summed E-state index contributed by atoms with van der Waals surface area (Å²) in [6.45, 7) is 3.24.